The minimum Gasteiger partial charge on any atom is -0.489 e. The van der Waals surface area contributed by atoms with Gasteiger partial charge in [0.25, 0.3) is 5.91 Å². The third kappa shape index (κ3) is 6.79. The molecule has 0 aromatic heterocycles. The number of alkyl carbamates (subject to hydrolysis) is 1. The van der Waals surface area contributed by atoms with Crippen LogP contribution in [-0.4, -0.2) is 60.5 Å². The summed E-state index contributed by atoms with van der Waals surface area (Å²) < 4.78 is 35.6. The first-order chi connectivity index (χ1) is 17.0. The van der Waals surface area contributed by atoms with E-state index in [4.69, 9.17) is 9.47 Å². The second-order valence-corrected chi connectivity index (χ2v) is 12.9. The minimum absolute atomic E-state index is 0.0136. The van der Waals surface area contributed by atoms with Gasteiger partial charge in [-0.15, -0.1) is 0 Å². The first kappa shape index (κ1) is 26.0. The standard InChI is InChI=1S/C25H29N3O6S2/c1-25(2,3)34-24(30)26-13-22(29)27-23-28(20-15-36(31,32)16-21(20)35-23)18-9-11-19(12-10-18)33-14-17-7-5-4-6-8-17/h4-12,20-21H,13-16H2,1-3H3,(H,26,30)/t20-,21+/m0/s1. The molecule has 0 spiro atoms. The molecule has 2 aromatic carbocycles. The van der Waals surface area contributed by atoms with Crippen LogP contribution in [0.15, 0.2) is 59.6 Å². The number of sulfone groups is 1. The Labute approximate surface area is 215 Å². The van der Waals surface area contributed by atoms with Crippen molar-refractivity contribution in [2.75, 3.05) is 23.0 Å². The first-order valence-corrected chi connectivity index (χ1v) is 14.2. The summed E-state index contributed by atoms with van der Waals surface area (Å²) in [6.07, 6.45) is -0.707. The number of fused-ring (bicyclic) bond motifs is 1. The number of benzene rings is 2. The fraction of sp³-hybridized carbons (Fsp3) is 0.400. The van der Waals surface area contributed by atoms with Crippen LogP contribution in [0.3, 0.4) is 0 Å². The lowest BCUT2D eigenvalue weighted by Crippen LogP contribution is -2.38. The Morgan fingerprint density at radius 3 is 2.44 bits per heavy atom. The van der Waals surface area contributed by atoms with Crippen LogP contribution in [-0.2, 0) is 26.0 Å². The van der Waals surface area contributed by atoms with Crippen molar-refractivity contribution in [3.8, 4) is 5.75 Å². The lowest BCUT2D eigenvalue weighted by Gasteiger charge is -2.24. The average Bonchev–Trinajstić information content (AvgIpc) is 3.27. The fourth-order valence-electron chi connectivity index (χ4n) is 3.92. The van der Waals surface area contributed by atoms with E-state index in [1.165, 1.54) is 11.8 Å². The molecule has 11 heteroatoms. The second kappa shape index (κ2) is 10.5. The normalized spacial score (nSPS) is 21.8. The summed E-state index contributed by atoms with van der Waals surface area (Å²) in [7, 11) is -3.19. The molecule has 0 saturated carbocycles. The smallest absolute Gasteiger partial charge is 0.408 e. The number of thioether (sulfide) groups is 1. The average molecular weight is 532 g/mol. The van der Waals surface area contributed by atoms with Crippen molar-refractivity contribution in [2.24, 2.45) is 4.99 Å². The number of amides is 2. The van der Waals surface area contributed by atoms with Crippen molar-refractivity contribution in [1.29, 1.82) is 0 Å². The van der Waals surface area contributed by atoms with Gasteiger partial charge in [-0.3, -0.25) is 4.79 Å². The molecule has 2 saturated heterocycles. The van der Waals surface area contributed by atoms with Crippen LogP contribution in [0.1, 0.15) is 26.3 Å². The van der Waals surface area contributed by atoms with Gasteiger partial charge in [0, 0.05) is 10.9 Å². The van der Waals surface area contributed by atoms with Crippen LogP contribution in [0.25, 0.3) is 0 Å². The maximum atomic E-state index is 12.5. The summed E-state index contributed by atoms with van der Waals surface area (Å²) in [6.45, 7) is 5.28. The number of hydrogen-bond donors (Lipinski definition) is 1. The van der Waals surface area contributed by atoms with E-state index >= 15 is 0 Å². The topological polar surface area (TPSA) is 114 Å². The molecule has 4 rings (SSSR count). The van der Waals surface area contributed by atoms with E-state index in [0.29, 0.717) is 23.2 Å². The molecule has 2 aromatic rings. The third-order valence-electron chi connectivity index (χ3n) is 5.43. The van der Waals surface area contributed by atoms with E-state index < -0.39 is 27.4 Å². The predicted octanol–water partition coefficient (Wildman–Crippen LogP) is 3.39. The molecule has 1 N–H and O–H groups in total. The van der Waals surface area contributed by atoms with E-state index in [2.05, 4.69) is 10.3 Å². The highest BCUT2D eigenvalue weighted by atomic mass is 32.2. The molecule has 0 bridgehead atoms. The molecule has 0 unspecified atom stereocenters. The molecule has 2 amide bonds. The van der Waals surface area contributed by atoms with Crippen LogP contribution in [0, 0.1) is 0 Å². The van der Waals surface area contributed by atoms with E-state index in [9.17, 15) is 18.0 Å². The van der Waals surface area contributed by atoms with Gasteiger partial charge in [-0.25, -0.2) is 13.2 Å². The number of carbonyl (C=O) groups excluding carboxylic acids is 2. The summed E-state index contributed by atoms with van der Waals surface area (Å²) >= 11 is 1.27. The third-order valence-corrected chi connectivity index (χ3v) is 8.64. The predicted molar refractivity (Wildman–Crippen MR) is 140 cm³/mol. The zero-order valence-electron chi connectivity index (χ0n) is 20.3. The van der Waals surface area contributed by atoms with E-state index in [0.717, 1.165) is 5.56 Å². The summed E-state index contributed by atoms with van der Waals surface area (Å²) in [4.78, 5) is 30.4. The number of nitrogens with one attached hydrogen (secondary N) is 1. The Kier molecular flexibility index (Phi) is 7.60. The van der Waals surface area contributed by atoms with E-state index in [-0.39, 0.29) is 29.3 Å². The Morgan fingerprint density at radius 2 is 1.78 bits per heavy atom. The lowest BCUT2D eigenvalue weighted by atomic mass is 10.2. The number of nitrogens with zero attached hydrogens (tertiary/aromatic N) is 2. The highest BCUT2D eigenvalue weighted by Gasteiger charge is 2.49. The first-order valence-electron chi connectivity index (χ1n) is 11.5. The van der Waals surface area contributed by atoms with Gasteiger partial charge in [-0.05, 0) is 50.6 Å². The van der Waals surface area contributed by atoms with E-state index in [1.54, 1.807) is 25.7 Å². The number of hydrogen-bond acceptors (Lipinski definition) is 7. The number of ether oxygens (including phenoxy) is 2. The van der Waals surface area contributed by atoms with Gasteiger partial charge in [-0.2, -0.15) is 4.99 Å². The Balaban J connectivity index is 1.47. The molecule has 2 aliphatic rings. The molecule has 2 heterocycles. The second-order valence-electron chi connectivity index (χ2n) is 9.58. The molecule has 2 aliphatic heterocycles. The Hall–Kier alpha value is -3.05. The van der Waals surface area contributed by atoms with Crippen LogP contribution in [0.5, 0.6) is 5.75 Å². The SMILES string of the molecule is CC(C)(C)OC(=O)NCC(=O)N=C1S[C@@H]2CS(=O)(=O)C[C@@H]2N1c1ccc(OCc2ccccc2)cc1. The molecule has 0 radical (unpaired) electrons. The molecule has 0 aliphatic carbocycles. The summed E-state index contributed by atoms with van der Waals surface area (Å²) in [5.74, 6) is 0.126. The van der Waals surface area contributed by atoms with Gasteiger partial charge >= 0.3 is 6.09 Å². The lowest BCUT2D eigenvalue weighted by molar-refractivity contribution is -0.117. The largest absolute Gasteiger partial charge is 0.489 e. The highest BCUT2D eigenvalue weighted by Crippen LogP contribution is 2.41. The molecular weight excluding hydrogens is 502 g/mol. The molecule has 192 valence electrons. The summed E-state index contributed by atoms with van der Waals surface area (Å²) in [5, 5.41) is 2.59. The number of anilines is 1. The van der Waals surface area contributed by atoms with Crippen LogP contribution in [0.4, 0.5) is 10.5 Å². The van der Waals surface area contributed by atoms with Crippen LogP contribution >= 0.6 is 11.8 Å². The van der Waals surface area contributed by atoms with E-state index in [1.807, 2.05) is 54.6 Å². The van der Waals surface area contributed by atoms with Crippen LogP contribution < -0.4 is 15.0 Å². The van der Waals surface area contributed by atoms with Crippen molar-refractivity contribution in [2.45, 2.75) is 44.3 Å². The Bertz CT molecular complexity index is 1240. The fourth-order valence-corrected chi connectivity index (χ4v) is 7.85. The monoisotopic (exact) mass is 531 g/mol. The van der Waals surface area contributed by atoms with Gasteiger partial charge in [0.15, 0.2) is 15.0 Å². The van der Waals surface area contributed by atoms with Crippen LogP contribution in [0.2, 0.25) is 0 Å². The zero-order chi connectivity index (χ0) is 25.9. The number of amidine groups is 1. The van der Waals surface area contributed by atoms with Gasteiger partial charge in [0.05, 0.1) is 17.5 Å². The number of aliphatic imine (C=N–C) groups is 1. The van der Waals surface area contributed by atoms with Gasteiger partial charge < -0.3 is 19.7 Å². The van der Waals surface area contributed by atoms with Crippen molar-refractivity contribution >= 4 is 44.5 Å². The van der Waals surface area contributed by atoms with Crippen molar-refractivity contribution in [1.82, 2.24) is 5.32 Å². The molecule has 9 nitrogen and oxygen atoms in total. The number of carbonyl (C=O) groups is 2. The molecule has 2 atom stereocenters. The van der Waals surface area contributed by atoms with Crippen molar-refractivity contribution in [3.63, 3.8) is 0 Å². The van der Waals surface area contributed by atoms with Gasteiger partial charge in [0.1, 0.15) is 24.5 Å². The summed E-state index contributed by atoms with van der Waals surface area (Å²) in [5.41, 5.74) is 1.08. The van der Waals surface area contributed by atoms with Gasteiger partial charge in [0.2, 0.25) is 0 Å². The van der Waals surface area contributed by atoms with Crippen molar-refractivity contribution in [3.05, 3.63) is 60.2 Å². The van der Waals surface area contributed by atoms with Gasteiger partial charge in [-0.1, -0.05) is 42.1 Å². The summed E-state index contributed by atoms with van der Waals surface area (Å²) in [6, 6.07) is 16.7. The highest BCUT2D eigenvalue weighted by molar-refractivity contribution is 8.16. The maximum absolute atomic E-state index is 12.5. The Morgan fingerprint density at radius 1 is 1.08 bits per heavy atom. The molecular formula is C25H29N3O6S2. The zero-order valence-corrected chi connectivity index (χ0v) is 22.0. The van der Waals surface area contributed by atoms with Crippen molar-refractivity contribution < 1.29 is 27.5 Å². The molecule has 36 heavy (non-hydrogen) atoms. The number of rotatable bonds is 6. The maximum Gasteiger partial charge on any atom is 0.408 e. The molecule has 2 fully saturated rings. The minimum atomic E-state index is -3.19. The quantitative estimate of drug-likeness (QED) is 0.603.